The van der Waals surface area contributed by atoms with Crippen molar-refractivity contribution in [1.82, 2.24) is 10.3 Å². The molecule has 0 bridgehead atoms. The van der Waals surface area contributed by atoms with E-state index < -0.39 is 5.54 Å². The molecule has 0 aliphatic rings. The Balaban J connectivity index is 1.96. The monoisotopic (exact) mass is 310 g/mol. The van der Waals surface area contributed by atoms with Crippen LogP contribution in [0.25, 0.3) is 10.2 Å². The van der Waals surface area contributed by atoms with Gasteiger partial charge in [-0.25, -0.2) is 4.98 Å². The van der Waals surface area contributed by atoms with Crippen LogP contribution < -0.4 is 5.32 Å². The molecule has 20 heavy (non-hydrogen) atoms. The van der Waals surface area contributed by atoms with Crippen molar-refractivity contribution in [1.29, 1.82) is 0 Å². The molecule has 1 atom stereocenters. The van der Waals surface area contributed by atoms with Crippen molar-refractivity contribution in [2.75, 3.05) is 19.9 Å². The molecule has 0 saturated heterocycles. The van der Waals surface area contributed by atoms with Gasteiger partial charge in [-0.05, 0) is 32.5 Å². The van der Waals surface area contributed by atoms with Crippen molar-refractivity contribution in [3.63, 3.8) is 0 Å². The van der Waals surface area contributed by atoms with Crippen molar-refractivity contribution in [3.8, 4) is 0 Å². The first kappa shape index (κ1) is 15.3. The molecule has 2 rings (SSSR count). The Labute approximate surface area is 126 Å². The number of hydrogen-bond acceptors (Lipinski definition) is 6. The van der Waals surface area contributed by atoms with Gasteiger partial charge in [0, 0.05) is 5.75 Å². The van der Waals surface area contributed by atoms with E-state index in [1.807, 2.05) is 25.1 Å². The van der Waals surface area contributed by atoms with Crippen LogP contribution in [0.15, 0.2) is 28.6 Å². The number of nitrogens with zero attached hydrogens (tertiary/aromatic N) is 1. The van der Waals surface area contributed by atoms with E-state index in [2.05, 4.69) is 16.4 Å². The Morgan fingerprint density at radius 1 is 1.50 bits per heavy atom. The molecule has 0 fully saturated rings. The Morgan fingerprint density at radius 2 is 2.25 bits per heavy atom. The third-order valence-corrected chi connectivity index (χ3v) is 5.47. The van der Waals surface area contributed by atoms with Crippen LogP contribution in [0.5, 0.6) is 0 Å². The number of rotatable bonds is 6. The van der Waals surface area contributed by atoms with Crippen LogP contribution >= 0.6 is 23.1 Å². The van der Waals surface area contributed by atoms with E-state index in [1.54, 1.807) is 30.1 Å². The SMILES string of the molecule is CNC(C)(CCSc1nc2ccccc2s1)C(=O)OC. The van der Waals surface area contributed by atoms with Crippen LogP contribution in [0.4, 0.5) is 0 Å². The van der Waals surface area contributed by atoms with Crippen molar-refractivity contribution in [2.24, 2.45) is 0 Å². The number of para-hydroxylation sites is 1. The van der Waals surface area contributed by atoms with E-state index in [1.165, 1.54) is 11.8 Å². The lowest BCUT2D eigenvalue weighted by atomic mass is 10.00. The number of thioether (sulfide) groups is 1. The van der Waals surface area contributed by atoms with Gasteiger partial charge in [0.1, 0.15) is 5.54 Å². The van der Waals surface area contributed by atoms with Gasteiger partial charge in [0.15, 0.2) is 4.34 Å². The molecule has 108 valence electrons. The van der Waals surface area contributed by atoms with E-state index in [0.29, 0.717) is 6.42 Å². The zero-order valence-electron chi connectivity index (χ0n) is 11.8. The van der Waals surface area contributed by atoms with Crippen LogP contribution in [0.1, 0.15) is 13.3 Å². The lowest BCUT2D eigenvalue weighted by molar-refractivity contribution is -0.147. The van der Waals surface area contributed by atoms with E-state index in [4.69, 9.17) is 4.74 Å². The van der Waals surface area contributed by atoms with Gasteiger partial charge < -0.3 is 10.1 Å². The first-order chi connectivity index (χ1) is 9.59. The van der Waals surface area contributed by atoms with Crippen molar-refractivity contribution >= 4 is 39.3 Å². The third kappa shape index (κ3) is 3.31. The number of benzene rings is 1. The number of esters is 1. The largest absolute Gasteiger partial charge is 0.468 e. The number of aromatic nitrogens is 1. The lowest BCUT2D eigenvalue weighted by Crippen LogP contribution is -2.48. The Morgan fingerprint density at radius 3 is 2.90 bits per heavy atom. The summed E-state index contributed by atoms with van der Waals surface area (Å²) in [5.41, 5.74) is 0.391. The van der Waals surface area contributed by atoms with Crippen molar-refractivity contribution in [3.05, 3.63) is 24.3 Å². The summed E-state index contributed by atoms with van der Waals surface area (Å²) in [6.45, 7) is 1.86. The fraction of sp³-hybridized carbons (Fsp3) is 0.429. The van der Waals surface area contributed by atoms with Gasteiger partial charge in [-0.15, -0.1) is 11.3 Å². The van der Waals surface area contributed by atoms with Gasteiger partial charge in [-0.1, -0.05) is 23.9 Å². The van der Waals surface area contributed by atoms with Gasteiger partial charge in [-0.2, -0.15) is 0 Å². The minimum absolute atomic E-state index is 0.232. The molecule has 0 saturated carbocycles. The molecular formula is C14H18N2O2S2. The first-order valence-electron chi connectivity index (χ1n) is 6.35. The van der Waals surface area contributed by atoms with Crippen molar-refractivity contribution < 1.29 is 9.53 Å². The van der Waals surface area contributed by atoms with E-state index in [-0.39, 0.29) is 5.97 Å². The zero-order valence-corrected chi connectivity index (χ0v) is 13.4. The summed E-state index contributed by atoms with van der Waals surface area (Å²) < 4.78 is 7.06. The second-order valence-electron chi connectivity index (χ2n) is 4.62. The summed E-state index contributed by atoms with van der Waals surface area (Å²) in [5.74, 6) is 0.580. The number of methoxy groups -OCH3 is 1. The van der Waals surface area contributed by atoms with Crippen LogP contribution in [0.2, 0.25) is 0 Å². The maximum atomic E-state index is 11.7. The predicted molar refractivity (Wildman–Crippen MR) is 84.4 cm³/mol. The highest BCUT2D eigenvalue weighted by Crippen LogP contribution is 2.30. The molecule has 0 aliphatic heterocycles. The molecule has 6 heteroatoms. The molecule has 0 radical (unpaired) electrons. The highest BCUT2D eigenvalue weighted by molar-refractivity contribution is 8.01. The minimum atomic E-state index is -0.640. The van der Waals surface area contributed by atoms with Crippen LogP contribution in [0.3, 0.4) is 0 Å². The molecule has 0 amide bonds. The van der Waals surface area contributed by atoms with Crippen LogP contribution in [-0.4, -0.2) is 36.4 Å². The molecule has 0 aliphatic carbocycles. The molecule has 1 heterocycles. The van der Waals surface area contributed by atoms with Crippen LogP contribution in [0, 0.1) is 0 Å². The maximum absolute atomic E-state index is 11.7. The third-order valence-electron chi connectivity index (χ3n) is 3.29. The average molecular weight is 310 g/mol. The van der Waals surface area contributed by atoms with Crippen LogP contribution in [-0.2, 0) is 9.53 Å². The fourth-order valence-corrected chi connectivity index (χ4v) is 4.11. The topological polar surface area (TPSA) is 51.2 Å². The number of fused-ring (bicyclic) bond motifs is 1. The number of likely N-dealkylation sites (N-methyl/N-ethyl adjacent to an activating group) is 1. The average Bonchev–Trinajstić information content (AvgIpc) is 2.88. The van der Waals surface area contributed by atoms with Crippen molar-refractivity contribution in [2.45, 2.75) is 23.2 Å². The second-order valence-corrected chi connectivity index (χ2v) is 6.99. The normalized spacial score (nSPS) is 14.2. The fourth-order valence-electron chi connectivity index (χ4n) is 1.81. The molecule has 4 nitrogen and oxygen atoms in total. The Kier molecular flexibility index (Phi) is 5.01. The van der Waals surface area contributed by atoms with Gasteiger partial charge in [0.2, 0.25) is 0 Å². The van der Waals surface area contributed by atoms with Gasteiger partial charge >= 0.3 is 5.97 Å². The molecule has 1 unspecified atom stereocenters. The highest BCUT2D eigenvalue weighted by atomic mass is 32.2. The summed E-state index contributed by atoms with van der Waals surface area (Å²) >= 11 is 3.36. The molecule has 1 N–H and O–H groups in total. The number of carbonyl (C=O) groups excluding carboxylic acids is 1. The zero-order chi connectivity index (χ0) is 14.6. The number of ether oxygens (including phenoxy) is 1. The molecule has 1 aromatic heterocycles. The molecule has 0 spiro atoms. The Bertz CT molecular complexity index is 567. The summed E-state index contributed by atoms with van der Waals surface area (Å²) in [5, 5.41) is 3.04. The van der Waals surface area contributed by atoms with E-state index in [9.17, 15) is 4.79 Å². The second kappa shape index (κ2) is 6.56. The molecule has 1 aromatic carbocycles. The minimum Gasteiger partial charge on any atom is -0.468 e. The van der Waals surface area contributed by atoms with E-state index >= 15 is 0 Å². The standard InChI is InChI=1S/C14H18N2O2S2/c1-14(15-2,12(17)18-3)8-9-19-13-16-10-6-4-5-7-11(10)20-13/h4-7,15H,8-9H2,1-3H3. The predicted octanol–water partition coefficient (Wildman–Crippen LogP) is 2.93. The van der Waals surface area contributed by atoms with Gasteiger partial charge in [0.05, 0.1) is 17.3 Å². The number of nitrogens with one attached hydrogen (secondary N) is 1. The summed E-state index contributed by atoms with van der Waals surface area (Å²) in [6.07, 6.45) is 0.691. The first-order valence-corrected chi connectivity index (χ1v) is 8.15. The Hall–Kier alpha value is -1.11. The molecular weight excluding hydrogens is 292 g/mol. The lowest BCUT2D eigenvalue weighted by Gasteiger charge is -2.25. The maximum Gasteiger partial charge on any atom is 0.325 e. The number of carbonyl (C=O) groups is 1. The van der Waals surface area contributed by atoms with Gasteiger partial charge in [-0.3, -0.25) is 4.79 Å². The summed E-state index contributed by atoms with van der Waals surface area (Å²) in [7, 11) is 3.19. The number of thiazole rings is 1. The summed E-state index contributed by atoms with van der Waals surface area (Å²) in [4.78, 5) is 16.3. The summed E-state index contributed by atoms with van der Waals surface area (Å²) in [6, 6.07) is 8.10. The smallest absolute Gasteiger partial charge is 0.325 e. The number of hydrogen-bond donors (Lipinski definition) is 1. The van der Waals surface area contributed by atoms with Gasteiger partial charge in [0.25, 0.3) is 0 Å². The highest BCUT2D eigenvalue weighted by Gasteiger charge is 2.32. The van der Waals surface area contributed by atoms with E-state index in [0.717, 1.165) is 15.6 Å². The quantitative estimate of drug-likeness (QED) is 0.657. The molecule has 2 aromatic rings.